The summed E-state index contributed by atoms with van der Waals surface area (Å²) in [6.45, 7) is 1.91. The minimum atomic E-state index is -3.96. The molecule has 0 aliphatic heterocycles. The van der Waals surface area contributed by atoms with Gasteiger partial charge >= 0.3 is 0 Å². The van der Waals surface area contributed by atoms with Crippen LogP contribution in [0.4, 0.5) is 5.69 Å². The normalized spacial score (nSPS) is 12.8. The number of methoxy groups -OCH3 is 2. The Morgan fingerprint density at radius 2 is 1.94 bits per heavy atom. The summed E-state index contributed by atoms with van der Waals surface area (Å²) in [6.07, 6.45) is 5.83. The standard InChI is InChI=1S/C20H22N6O4S/c1-13(29-3)14-7-8-21-18(9-14)26-12-16(11-23-26)31(27,28)24-19-17(30-4)6-5-15-10-22-25(2)20(15)19/h5-13,24H,1-4H3. The number of aryl methyl sites for hydroxylation is 1. The van der Waals surface area contributed by atoms with E-state index < -0.39 is 10.0 Å². The summed E-state index contributed by atoms with van der Waals surface area (Å²) < 4.78 is 42.6. The lowest BCUT2D eigenvalue weighted by molar-refractivity contribution is 0.119. The maximum Gasteiger partial charge on any atom is 0.265 e. The van der Waals surface area contributed by atoms with Crippen molar-refractivity contribution in [3.63, 3.8) is 0 Å². The highest BCUT2D eigenvalue weighted by atomic mass is 32.2. The highest BCUT2D eigenvalue weighted by molar-refractivity contribution is 7.92. The number of anilines is 1. The van der Waals surface area contributed by atoms with Crippen LogP contribution >= 0.6 is 0 Å². The number of ether oxygens (including phenoxy) is 2. The van der Waals surface area contributed by atoms with Gasteiger partial charge in [0.1, 0.15) is 16.3 Å². The van der Waals surface area contributed by atoms with Crippen LogP contribution in [-0.2, 0) is 21.8 Å². The Kier molecular flexibility index (Phi) is 5.38. The Bertz CT molecular complexity index is 1340. The molecular formula is C20H22N6O4S. The molecule has 1 aromatic carbocycles. The summed E-state index contributed by atoms with van der Waals surface area (Å²) in [6, 6.07) is 7.14. The van der Waals surface area contributed by atoms with Crippen LogP contribution in [0.15, 0.2) is 53.9 Å². The van der Waals surface area contributed by atoms with Crippen LogP contribution in [0.25, 0.3) is 16.7 Å². The van der Waals surface area contributed by atoms with Gasteiger partial charge in [-0.25, -0.2) is 18.1 Å². The third-order valence-corrected chi connectivity index (χ3v) is 6.32. The topological polar surface area (TPSA) is 113 Å². The Labute approximate surface area is 179 Å². The molecule has 0 bridgehead atoms. The van der Waals surface area contributed by atoms with Crippen molar-refractivity contribution in [1.29, 1.82) is 0 Å². The number of sulfonamides is 1. The van der Waals surface area contributed by atoms with Crippen molar-refractivity contribution in [3.8, 4) is 11.6 Å². The van der Waals surface area contributed by atoms with Crippen molar-refractivity contribution in [1.82, 2.24) is 24.5 Å². The molecule has 1 atom stereocenters. The molecule has 0 amide bonds. The van der Waals surface area contributed by atoms with Gasteiger partial charge in [0.15, 0.2) is 5.82 Å². The summed E-state index contributed by atoms with van der Waals surface area (Å²) in [5.41, 5.74) is 1.82. The summed E-state index contributed by atoms with van der Waals surface area (Å²) in [5, 5.41) is 9.16. The van der Waals surface area contributed by atoms with Crippen LogP contribution in [0, 0.1) is 0 Å². The first-order valence-electron chi connectivity index (χ1n) is 9.39. The Morgan fingerprint density at radius 1 is 1.13 bits per heavy atom. The number of benzene rings is 1. The van der Waals surface area contributed by atoms with Crippen molar-refractivity contribution in [2.45, 2.75) is 17.9 Å². The van der Waals surface area contributed by atoms with Crippen molar-refractivity contribution in [3.05, 3.63) is 54.6 Å². The molecule has 10 nitrogen and oxygen atoms in total. The molecule has 0 saturated carbocycles. The maximum atomic E-state index is 13.1. The van der Waals surface area contributed by atoms with Crippen LogP contribution in [0.5, 0.6) is 5.75 Å². The molecule has 4 aromatic rings. The van der Waals surface area contributed by atoms with E-state index in [1.807, 2.05) is 19.1 Å². The smallest absolute Gasteiger partial charge is 0.265 e. The fraction of sp³-hybridized carbons (Fsp3) is 0.250. The van der Waals surface area contributed by atoms with Gasteiger partial charge < -0.3 is 9.47 Å². The molecule has 0 aliphatic rings. The quantitative estimate of drug-likeness (QED) is 0.468. The van der Waals surface area contributed by atoms with Crippen LogP contribution in [0.1, 0.15) is 18.6 Å². The van der Waals surface area contributed by atoms with Crippen molar-refractivity contribution < 1.29 is 17.9 Å². The van der Waals surface area contributed by atoms with Crippen LogP contribution in [0.3, 0.4) is 0 Å². The van der Waals surface area contributed by atoms with Gasteiger partial charge in [0, 0.05) is 25.7 Å². The van der Waals surface area contributed by atoms with E-state index in [4.69, 9.17) is 9.47 Å². The molecule has 0 radical (unpaired) electrons. The number of pyridine rings is 1. The van der Waals surface area contributed by atoms with Crippen LogP contribution < -0.4 is 9.46 Å². The van der Waals surface area contributed by atoms with Gasteiger partial charge in [-0.3, -0.25) is 9.40 Å². The van der Waals surface area contributed by atoms with Crippen molar-refractivity contribution in [2.75, 3.05) is 18.9 Å². The molecule has 0 fully saturated rings. The third kappa shape index (κ3) is 3.84. The van der Waals surface area contributed by atoms with Crippen molar-refractivity contribution in [2.24, 2.45) is 7.05 Å². The molecule has 1 unspecified atom stereocenters. The van der Waals surface area contributed by atoms with E-state index in [1.165, 1.54) is 24.2 Å². The van der Waals surface area contributed by atoms with Gasteiger partial charge in [0.05, 0.1) is 37.3 Å². The number of fused-ring (bicyclic) bond motifs is 1. The Balaban J connectivity index is 1.70. The fourth-order valence-corrected chi connectivity index (χ4v) is 4.24. The lowest BCUT2D eigenvalue weighted by Gasteiger charge is -2.13. The molecule has 1 N–H and O–H groups in total. The predicted octanol–water partition coefficient (Wildman–Crippen LogP) is 2.67. The molecule has 4 rings (SSSR count). The highest BCUT2D eigenvalue weighted by Crippen LogP contribution is 2.34. The second-order valence-electron chi connectivity index (χ2n) is 6.90. The molecular weight excluding hydrogens is 420 g/mol. The zero-order valence-electron chi connectivity index (χ0n) is 17.5. The Morgan fingerprint density at radius 3 is 2.68 bits per heavy atom. The first-order chi connectivity index (χ1) is 14.8. The van der Waals surface area contributed by atoms with Gasteiger partial charge in [0.2, 0.25) is 0 Å². The Hall–Kier alpha value is -3.44. The number of rotatable bonds is 7. The molecule has 0 saturated heterocycles. The summed E-state index contributed by atoms with van der Waals surface area (Å²) in [7, 11) is 0.873. The molecule has 3 aromatic heterocycles. The van der Waals surface area contributed by atoms with Gasteiger partial charge in [0.25, 0.3) is 10.0 Å². The second kappa shape index (κ2) is 8.00. The number of hydrogen-bond donors (Lipinski definition) is 1. The summed E-state index contributed by atoms with van der Waals surface area (Å²) in [5.74, 6) is 0.865. The molecule has 3 heterocycles. The third-order valence-electron chi connectivity index (χ3n) is 5.02. The average Bonchev–Trinajstić information content (AvgIpc) is 3.41. The minimum absolute atomic E-state index is 0.0132. The van der Waals surface area contributed by atoms with E-state index in [1.54, 1.807) is 43.4 Å². The SMILES string of the molecule is COc1ccc2cnn(C)c2c1NS(=O)(=O)c1cnn(-c2cc(C(C)OC)ccn2)c1. The van der Waals surface area contributed by atoms with Gasteiger partial charge in [-0.2, -0.15) is 10.2 Å². The molecule has 0 spiro atoms. The summed E-state index contributed by atoms with van der Waals surface area (Å²) in [4.78, 5) is 4.26. The van der Waals surface area contributed by atoms with Crippen LogP contribution in [-0.4, -0.2) is 47.2 Å². The lowest BCUT2D eigenvalue weighted by atomic mass is 10.2. The van der Waals surface area contributed by atoms with E-state index in [9.17, 15) is 8.42 Å². The molecule has 11 heteroatoms. The zero-order valence-corrected chi connectivity index (χ0v) is 18.3. The van der Waals surface area contributed by atoms with E-state index in [0.717, 1.165) is 10.9 Å². The van der Waals surface area contributed by atoms with E-state index >= 15 is 0 Å². The minimum Gasteiger partial charge on any atom is -0.494 e. The summed E-state index contributed by atoms with van der Waals surface area (Å²) >= 11 is 0. The monoisotopic (exact) mass is 442 g/mol. The van der Waals surface area contributed by atoms with Gasteiger partial charge in [-0.1, -0.05) is 0 Å². The second-order valence-corrected chi connectivity index (χ2v) is 8.58. The molecule has 31 heavy (non-hydrogen) atoms. The van der Waals surface area contributed by atoms with E-state index in [-0.39, 0.29) is 11.0 Å². The molecule has 0 aliphatic carbocycles. The number of aromatic nitrogens is 5. The fourth-order valence-electron chi connectivity index (χ4n) is 3.23. The highest BCUT2D eigenvalue weighted by Gasteiger charge is 2.22. The maximum absolute atomic E-state index is 13.1. The van der Waals surface area contributed by atoms with Gasteiger partial charge in [-0.05, 0) is 36.8 Å². The largest absolute Gasteiger partial charge is 0.494 e. The van der Waals surface area contributed by atoms with Crippen molar-refractivity contribution >= 4 is 26.6 Å². The molecule has 162 valence electrons. The van der Waals surface area contributed by atoms with Crippen LogP contribution in [0.2, 0.25) is 0 Å². The zero-order chi connectivity index (χ0) is 22.2. The number of hydrogen-bond acceptors (Lipinski definition) is 7. The predicted molar refractivity (Wildman–Crippen MR) is 115 cm³/mol. The number of nitrogens with one attached hydrogen (secondary N) is 1. The van der Waals surface area contributed by atoms with E-state index in [2.05, 4.69) is 19.9 Å². The lowest BCUT2D eigenvalue weighted by Crippen LogP contribution is -2.14. The first kappa shape index (κ1) is 20.8. The average molecular weight is 443 g/mol. The number of nitrogens with zero attached hydrogens (tertiary/aromatic N) is 5. The first-order valence-corrected chi connectivity index (χ1v) is 10.9. The van der Waals surface area contributed by atoms with Gasteiger partial charge in [-0.15, -0.1) is 0 Å². The van der Waals surface area contributed by atoms with E-state index in [0.29, 0.717) is 22.8 Å².